The summed E-state index contributed by atoms with van der Waals surface area (Å²) in [5.74, 6) is -0.606. The second-order valence-corrected chi connectivity index (χ2v) is 6.47. The molecule has 3 unspecified atom stereocenters. The van der Waals surface area contributed by atoms with Crippen LogP contribution in [-0.4, -0.2) is 49.0 Å². The first-order valence-electron chi connectivity index (χ1n) is 8.15. The fraction of sp³-hybridized carbons (Fsp3) is 0.444. The summed E-state index contributed by atoms with van der Waals surface area (Å²) in [6.45, 7) is 0.248. The van der Waals surface area contributed by atoms with Crippen molar-refractivity contribution < 1.29 is 32.2 Å². The number of alkyl halides is 3. The number of esters is 1. The van der Waals surface area contributed by atoms with Gasteiger partial charge in [0.25, 0.3) is 0 Å². The molecule has 1 aromatic carbocycles. The summed E-state index contributed by atoms with van der Waals surface area (Å²) in [6, 6.07) is 4.29. The largest absolute Gasteiger partial charge is 0.485 e. The van der Waals surface area contributed by atoms with Gasteiger partial charge in [-0.15, -0.1) is 0 Å². The van der Waals surface area contributed by atoms with Crippen LogP contribution in [0.2, 0.25) is 0 Å². The molecule has 2 heterocycles. The number of nitrogens with zero attached hydrogens (tertiary/aromatic N) is 1. The zero-order valence-corrected chi connectivity index (χ0v) is 14.0. The average molecular weight is 369 g/mol. The van der Waals surface area contributed by atoms with Gasteiger partial charge in [0.15, 0.2) is 12.4 Å². The topological polar surface area (TPSA) is 55.8 Å². The molecule has 2 saturated heterocycles. The second kappa shape index (κ2) is 7.11. The van der Waals surface area contributed by atoms with Crippen LogP contribution in [0.15, 0.2) is 36.4 Å². The molecule has 0 N–H and O–H groups in total. The Bertz CT molecular complexity index is 731. The highest BCUT2D eigenvalue weighted by atomic mass is 19.4. The smallest absolute Gasteiger partial charge is 0.416 e. The Balaban J connectivity index is 1.56. The molecule has 0 aliphatic carbocycles. The first-order chi connectivity index (χ1) is 12.2. The van der Waals surface area contributed by atoms with Crippen molar-refractivity contribution in [2.75, 3.05) is 20.2 Å². The van der Waals surface area contributed by atoms with Gasteiger partial charge in [0.2, 0.25) is 0 Å². The Morgan fingerprint density at radius 3 is 2.92 bits per heavy atom. The Kier molecular flexibility index (Phi) is 5.04. The molecule has 0 aromatic heterocycles. The van der Waals surface area contributed by atoms with Gasteiger partial charge in [-0.3, -0.25) is 14.5 Å². The Morgan fingerprint density at radius 1 is 1.42 bits per heavy atom. The van der Waals surface area contributed by atoms with Crippen molar-refractivity contribution in [2.45, 2.75) is 24.7 Å². The number of likely N-dealkylation sites (tertiary alicyclic amines) is 1. The maximum atomic E-state index is 12.7. The fourth-order valence-corrected chi connectivity index (χ4v) is 3.33. The molecule has 3 rings (SSSR count). The maximum absolute atomic E-state index is 12.7. The highest BCUT2D eigenvalue weighted by molar-refractivity contribution is 5.91. The van der Waals surface area contributed by atoms with Crippen LogP contribution in [0.1, 0.15) is 12.0 Å². The number of hydrogen-bond acceptors (Lipinski definition) is 5. The van der Waals surface area contributed by atoms with E-state index in [1.165, 1.54) is 18.2 Å². The summed E-state index contributed by atoms with van der Waals surface area (Å²) in [4.78, 5) is 25.3. The van der Waals surface area contributed by atoms with Crippen LogP contribution in [0.3, 0.4) is 0 Å². The van der Waals surface area contributed by atoms with Crippen molar-refractivity contribution in [1.29, 1.82) is 0 Å². The average Bonchev–Trinajstić information content (AvgIpc) is 3.05. The third-order valence-electron chi connectivity index (χ3n) is 4.60. The lowest BCUT2D eigenvalue weighted by Gasteiger charge is -2.18. The second-order valence-electron chi connectivity index (χ2n) is 6.47. The number of rotatable bonds is 5. The van der Waals surface area contributed by atoms with Crippen molar-refractivity contribution in [3.63, 3.8) is 0 Å². The zero-order chi connectivity index (χ0) is 18.9. The van der Waals surface area contributed by atoms with Crippen molar-refractivity contribution in [3.8, 4) is 5.75 Å². The highest BCUT2D eigenvalue weighted by Gasteiger charge is 2.46. The van der Waals surface area contributed by atoms with Crippen LogP contribution in [-0.2, 0) is 20.5 Å². The predicted molar refractivity (Wildman–Crippen MR) is 85.5 cm³/mol. The monoisotopic (exact) mass is 369 g/mol. The first kappa shape index (κ1) is 18.4. The van der Waals surface area contributed by atoms with Crippen molar-refractivity contribution >= 4 is 11.8 Å². The van der Waals surface area contributed by atoms with Gasteiger partial charge in [-0.05, 0) is 31.3 Å². The van der Waals surface area contributed by atoms with Crippen LogP contribution < -0.4 is 4.74 Å². The van der Waals surface area contributed by atoms with Crippen LogP contribution in [0.4, 0.5) is 13.2 Å². The summed E-state index contributed by atoms with van der Waals surface area (Å²) in [7, 11) is 1.88. The summed E-state index contributed by atoms with van der Waals surface area (Å²) in [5.41, 5.74) is -0.831. The molecule has 5 nitrogen and oxygen atoms in total. The molecule has 2 fully saturated rings. The molecule has 0 saturated carbocycles. The highest BCUT2D eigenvalue weighted by Crippen LogP contribution is 2.35. The van der Waals surface area contributed by atoms with E-state index < -0.39 is 11.7 Å². The maximum Gasteiger partial charge on any atom is 0.416 e. The molecule has 26 heavy (non-hydrogen) atoms. The lowest BCUT2D eigenvalue weighted by Crippen LogP contribution is -2.28. The molecule has 2 aliphatic heterocycles. The van der Waals surface area contributed by atoms with Gasteiger partial charge in [-0.25, -0.2) is 0 Å². The number of carbonyl (C=O) groups excluding carboxylic acids is 2. The van der Waals surface area contributed by atoms with Crippen LogP contribution in [0.25, 0.3) is 0 Å². The van der Waals surface area contributed by atoms with E-state index in [0.29, 0.717) is 13.0 Å². The molecule has 1 aromatic rings. The minimum atomic E-state index is -4.46. The van der Waals surface area contributed by atoms with Gasteiger partial charge in [0, 0.05) is 18.5 Å². The molecular weight excluding hydrogens is 351 g/mol. The van der Waals surface area contributed by atoms with E-state index in [4.69, 9.17) is 9.47 Å². The molecule has 8 heteroatoms. The Labute approximate surface area is 148 Å². The number of halogens is 3. The van der Waals surface area contributed by atoms with Gasteiger partial charge in [-0.1, -0.05) is 12.1 Å². The SMILES string of the molecule is CN1CC2OC(=O)CC2C1/C=C/C(=O)COc1cccc(C(F)(F)F)c1. The minimum Gasteiger partial charge on any atom is -0.485 e. The summed E-state index contributed by atoms with van der Waals surface area (Å²) in [6.07, 6.45) is -1.25. The number of benzene rings is 1. The van der Waals surface area contributed by atoms with Crippen molar-refractivity contribution in [2.24, 2.45) is 5.92 Å². The summed E-state index contributed by atoms with van der Waals surface area (Å²) >= 11 is 0. The molecule has 0 bridgehead atoms. The van der Waals surface area contributed by atoms with Crippen molar-refractivity contribution in [1.82, 2.24) is 4.90 Å². The molecule has 140 valence electrons. The predicted octanol–water partition coefficient (Wildman–Crippen LogP) is 2.46. The van der Waals surface area contributed by atoms with Crippen LogP contribution in [0.5, 0.6) is 5.75 Å². The van der Waals surface area contributed by atoms with E-state index in [1.54, 1.807) is 6.08 Å². The molecule has 2 aliphatic rings. The number of carbonyl (C=O) groups is 2. The lowest BCUT2D eigenvalue weighted by atomic mass is 9.96. The van der Waals surface area contributed by atoms with Crippen molar-refractivity contribution in [3.05, 3.63) is 42.0 Å². The number of hydrogen-bond donors (Lipinski definition) is 0. The number of fused-ring (bicyclic) bond motifs is 1. The molecular formula is C18H18F3NO4. The fourth-order valence-electron chi connectivity index (χ4n) is 3.33. The molecule has 0 amide bonds. The van der Waals surface area contributed by atoms with E-state index in [1.807, 2.05) is 11.9 Å². The van der Waals surface area contributed by atoms with E-state index in [9.17, 15) is 22.8 Å². The van der Waals surface area contributed by atoms with Gasteiger partial charge in [-0.2, -0.15) is 13.2 Å². The van der Waals surface area contributed by atoms with Gasteiger partial charge in [0.1, 0.15) is 11.9 Å². The number of ketones is 1. The number of likely N-dealkylation sites (N-methyl/N-ethyl adjacent to an activating group) is 1. The first-order valence-corrected chi connectivity index (χ1v) is 8.15. The van der Waals surface area contributed by atoms with E-state index in [-0.39, 0.29) is 42.2 Å². The normalized spacial score (nSPS) is 26.2. The van der Waals surface area contributed by atoms with Crippen LogP contribution in [0, 0.1) is 5.92 Å². The molecule has 0 spiro atoms. The molecule has 3 atom stereocenters. The zero-order valence-electron chi connectivity index (χ0n) is 14.0. The van der Waals surface area contributed by atoms with Gasteiger partial charge in [0.05, 0.1) is 12.0 Å². The van der Waals surface area contributed by atoms with E-state index >= 15 is 0 Å². The third-order valence-corrected chi connectivity index (χ3v) is 4.60. The lowest BCUT2D eigenvalue weighted by molar-refractivity contribution is -0.141. The summed E-state index contributed by atoms with van der Waals surface area (Å²) in [5, 5.41) is 0. The number of ether oxygens (including phenoxy) is 2. The molecule has 0 radical (unpaired) electrons. The van der Waals surface area contributed by atoms with E-state index in [0.717, 1.165) is 12.1 Å². The Hall–Kier alpha value is -2.35. The van der Waals surface area contributed by atoms with Gasteiger partial charge >= 0.3 is 12.1 Å². The van der Waals surface area contributed by atoms with E-state index in [2.05, 4.69) is 0 Å². The third kappa shape index (κ3) is 4.07. The summed E-state index contributed by atoms with van der Waals surface area (Å²) < 4.78 is 48.4. The Morgan fingerprint density at radius 2 is 2.19 bits per heavy atom. The quantitative estimate of drug-likeness (QED) is 0.590. The van der Waals surface area contributed by atoms with Crippen LogP contribution >= 0.6 is 0 Å². The standard InChI is InChI=1S/C18H18F3NO4/c1-22-9-16-14(8-17(24)26-16)15(22)6-5-12(23)10-25-13-4-2-3-11(7-13)18(19,20)21/h2-7,14-16H,8-10H2,1H3/b6-5+. The minimum absolute atomic E-state index is 0.0148. The van der Waals surface area contributed by atoms with Gasteiger partial charge < -0.3 is 9.47 Å².